The molecule has 0 spiro atoms. The summed E-state index contributed by atoms with van der Waals surface area (Å²) in [6.07, 6.45) is 11.7. The predicted molar refractivity (Wildman–Crippen MR) is 70.1 cm³/mol. The largest absolute Gasteiger partial charge is 0.469 e. The average Bonchev–Trinajstić information content (AvgIpc) is 2.35. The highest BCUT2D eigenvalue weighted by Gasteiger charge is 1.98. The van der Waals surface area contributed by atoms with Gasteiger partial charge in [0.15, 0.2) is 0 Å². The summed E-state index contributed by atoms with van der Waals surface area (Å²) < 4.78 is 9.60. The van der Waals surface area contributed by atoms with Gasteiger partial charge in [-0.15, -0.1) is 0 Å². The number of hydrogen-bond donors (Lipinski definition) is 0. The molecule has 0 aromatic carbocycles. The zero-order chi connectivity index (χ0) is 12.8. The molecule has 0 aliphatic rings. The molecule has 102 valence electrons. The lowest BCUT2D eigenvalue weighted by Crippen LogP contribution is -1.99. The molecule has 3 heteroatoms. The molecule has 0 unspecified atom stereocenters. The summed E-state index contributed by atoms with van der Waals surface area (Å²) in [4.78, 5) is 10.8. The second kappa shape index (κ2) is 13.5. The first-order valence-electron chi connectivity index (χ1n) is 6.87. The van der Waals surface area contributed by atoms with Crippen LogP contribution in [0.1, 0.15) is 64.2 Å². The van der Waals surface area contributed by atoms with E-state index in [9.17, 15) is 4.79 Å². The van der Waals surface area contributed by atoms with Gasteiger partial charge in [0.25, 0.3) is 0 Å². The second-order valence-corrected chi connectivity index (χ2v) is 4.50. The number of hydrogen-bond acceptors (Lipinski definition) is 3. The van der Waals surface area contributed by atoms with E-state index in [-0.39, 0.29) is 5.97 Å². The van der Waals surface area contributed by atoms with Crippen LogP contribution in [-0.2, 0) is 14.3 Å². The molecule has 3 nitrogen and oxygen atoms in total. The summed E-state index contributed by atoms with van der Waals surface area (Å²) in [7, 11) is 3.21. The number of carbonyl (C=O) groups is 1. The van der Waals surface area contributed by atoms with Gasteiger partial charge < -0.3 is 9.47 Å². The Morgan fingerprint density at radius 1 is 0.765 bits per heavy atom. The third-order valence-corrected chi connectivity index (χ3v) is 2.96. The maximum Gasteiger partial charge on any atom is 0.305 e. The maximum absolute atomic E-state index is 10.8. The zero-order valence-corrected chi connectivity index (χ0v) is 11.5. The fraction of sp³-hybridized carbons (Fsp3) is 0.929. The van der Waals surface area contributed by atoms with Gasteiger partial charge in [-0.3, -0.25) is 4.79 Å². The van der Waals surface area contributed by atoms with Crippen molar-refractivity contribution in [2.45, 2.75) is 64.2 Å². The van der Waals surface area contributed by atoms with E-state index in [2.05, 4.69) is 4.74 Å². The van der Waals surface area contributed by atoms with E-state index in [0.29, 0.717) is 6.42 Å². The molecule has 0 heterocycles. The van der Waals surface area contributed by atoms with Crippen LogP contribution >= 0.6 is 0 Å². The minimum absolute atomic E-state index is 0.0804. The van der Waals surface area contributed by atoms with Crippen molar-refractivity contribution >= 4 is 5.97 Å². The molecule has 0 saturated heterocycles. The standard InChI is InChI=1S/C14H28O3/c1-16-13-11-9-7-5-3-4-6-8-10-12-14(15)17-2/h3-13H2,1-2H3. The summed E-state index contributed by atoms with van der Waals surface area (Å²) in [5.41, 5.74) is 0. The van der Waals surface area contributed by atoms with Gasteiger partial charge in [0.2, 0.25) is 0 Å². The van der Waals surface area contributed by atoms with E-state index in [1.54, 1.807) is 7.11 Å². The average molecular weight is 244 g/mol. The predicted octanol–water partition coefficient (Wildman–Crippen LogP) is 3.71. The minimum atomic E-state index is -0.0804. The van der Waals surface area contributed by atoms with Crippen molar-refractivity contribution in [3.8, 4) is 0 Å². The summed E-state index contributed by atoms with van der Waals surface area (Å²) in [5.74, 6) is -0.0804. The topological polar surface area (TPSA) is 35.5 Å². The molecule has 0 N–H and O–H groups in total. The van der Waals surface area contributed by atoms with Gasteiger partial charge >= 0.3 is 5.97 Å². The van der Waals surface area contributed by atoms with Crippen LogP contribution in [0.4, 0.5) is 0 Å². The number of carbonyl (C=O) groups excluding carboxylic acids is 1. The fourth-order valence-corrected chi connectivity index (χ4v) is 1.86. The van der Waals surface area contributed by atoms with Crippen molar-refractivity contribution in [3.63, 3.8) is 0 Å². The van der Waals surface area contributed by atoms with E-state index >= 15 is 0 Å². The van der Waals surface area contributed by atoms with Gasteiger partial charge in [-0.05, 0) is 12.8 Å². The SMILES string of the molecule is COCCCCCCCCCCCC(=O)OC. The highest BCUT2D eigenvalue weighted by molar-refractivity contribution is 5.68. The van der Waals surface area contributed by atoms with Crippen LogP contribution in [-0.4, -0.2) is 26.8 Å². The van der Waals surface area contributed by atoms with Gasteiger partial charge in [0.05, 0.1) is 7.11 Å². The van der Waals surface area contributed by atoms with Crippen LogP contribution < -0.4 is 0 Å². The van der Waals surface area contributed by atoms with E-state index in [4.69, 9.17) is 4.74 Å². The molecule has 17 heavy (non-hydrogen) atoms. The molecule has 0 saturated carbocycles. The molecule has 0 amide bonds. The van der Waals surface area contributed by atoms with E-state index < -0.39 is 0 Å². The first-order valence-corrected chi connectivity index (χ1v) is 6.87. The molecular formula is C14H28O3. The monoisotopic (exact) mass is 244 g/mol. The van der Waals surface area contributed by atoms with Crippen molar-refractivity contribution in [2.24, 2.45) is 0 Å². The smallest absolute Gasteiger partial charge is 0.305 e. The summed E-state index contributed by atoms with van der Waals surface area (Å²) in [5, 5.41) is 0. The van der Waals surface area contributed by atoms with Crippen molar-refractivity contribution in [3.05, 3.63) is 0 Å². The number of esters is 1. The van der Waals surface area contributed by atoms with Crippen LogP contribution in [0, 0.1) is 0 Å². The maximum atomic E-state index is 10.8. The Bertz CT molecular complexity index is 169. The lowest BCUT2D eigenvalue weighted by atomic mass is 10.1. The highest BCUT2D eigenvalue weighted by atomic mass is 16.5. The molecular weight excluding hydrogens is 216 g/mol. The zero-order valence-electron chi connectivity index (χ0n) is 11.5. The quantitative estimate of drug-likeness (QED) is 0.388. The Hall–Kier alpha value is -0.570. The molecule has 0 aliphatic carbocycles. The number of methoxy groups -OCH3 is 2. The van der Waals surface area contributed by atoms with E-state index in [1.807, 2.05) is 0 Å². The summed E-state index contributed by atoms with van der Waals surface area (Å²) in [6, 6.07) is 0. The molecule has 0 aromatic heterocycles. The molecule has 0 aromatic rings. The third-order valence-electron chi connectivity index (χ3n) is 2.96. The lowest BCUT2D eigenvalue weighted by Gasteiger charge is -2.02. The number of unbranched alkanes of at least 4 members (excludes halogenated alkanes) is 8. The first-order chi connectivity index (χ1) is 8.31. The van der Waals surface area contributed by atoms with Gasteiger partial charge in [-0.1, -0.05) is 44.9 Å². The lowest BCUT2D eigenvalue weighted by molar-refractivity contribution is -0.140. The number of rotatable bonds is 12. The van der Waals surface area contributed by atoms with Gasteiger partial charge in [0, 0.05) is 20.1 Å². The van der Waals surface area contributed by atoms with Crippen molar-refractivity contribution in [1.29, 1.82) is 0 Å². The summed E-state index contributed by atoms with van der Waals surface area (Å²) >= 11 is 0. The van der Waals surface area contributed by atoms with Gasteiger partial charge in [-0.2, -0.15) is 0 Å². The molecule has 0 aliphatic heterocycles. The van der Waals surface area contributed by atoms with Crippen LogP contribution in [0.3, 0.4) is 0 Å². The van der Waals surface area contributed by atoms with Crippen LogP contribution in [0.2, 0.25) is 0 Å². The van der Waals surface area contributed by atoms with Crippen LogP contribution in [0.15, 0.2) is 0 Å². The second-order valence-electron chi connectivity index (χ2n) is 4.50. The van der Waals surface area contributed by atoms with Crippen molar-refractivity contribution < 1.29 is 14.3 Å². The Morgan fingerprint density at radius 2 is 1.24 bits per heavy atom. The van der Waals surface area contributed by atoms with Crippen molar-refractivity contribution in [1.82, 2.24) is 0 Å². The van der Waals surface area contributed by atoms with E-state index in [0.717, 1.165) is 19.4 Å². The Kier molecular flexibility index (Phi) is 13.0. The Labute approximate surface area is 106 Å². The minimum Gasteiger partial charge on any atom is -0.469 e. The summed E-state index contributed by atoms with van der Waals surface area (Å²) in [6.45, 7) is 0.896. The van der Waals surface area contributed by atoms with Crippen molar-refractivity contribution in [2.75, 3.05) is 20.8 Å². The normalized spacial score (nSPS) is 10.5. The van der Waals surface area contributed by atoms with E-state index in [1.165, 1.54) is 52.1 Å². The van der Waals surface area contributed by atoms with Gasteiger partial charge in [-0.25, -0.2) is 0 Å². The molecule has 0 atom stereocenters. The Balaban J connectivity index is 2.96. The molecule has 0 bridgehead atoms. The molecule has 0 rings (SSSR count). The van der Waals surface area contributed by atoms with Crippen LogP contribution in [0.5, 0.6) is 0 Å². The molecule has 0 radical (unpaired) electrons. The van der Waals surface area contributed by atoms with Gasteiger partial charge in [0.1, 0.15) is 0 Å². The van der Waals surface area contributed by atoms with Crippen LogP contribution in [0.25, 0.3) is 0 Å². The number of ether oxygens (including phenoxy) is 2. The fourth-order valence-electron chi connectivity index (χ4n) is 1.86. The molecule has 0 fully saturated rings. The third kappa shape index (κ3) is 13.4. The Morgan fingerprint density at radius 3 is 1.71 bits per heavy atom. The highest BCUT2D eigenvalue weighted by Crippen LogP contribution is 2.10. The first kappa shape index (κ1) is 16.4.